The molecule has 0 radical (unpaired) electrons. The van der Waals surface area contributed by atoms with E-state index in [4.69, 9.17) is 9.47 Å². The van der Waals surface area contributed by atoms with Crippen LogP contribution in [0.4, 0.5) is 4.79 Å². The molecular weight excluding hydrogens is 302 g/mol. The lowest BCUT2D eigenvalue weighted by atomic mass is 10.1. The van der Waals surface area contributed by atoms with Gasteiger partial charge in [-0.25, -0.2) is 4.79 Å². The topological polar surface area (TPSA) is 38.8 Å². The molecular formula is C20H25NO3. The van der Waals surface area contributed by atoms with Crippen LogP contribution in [0.15, 0.2) is 42.5 Å². The second kappa shape index (κ2) is 7.56. The Balaban J connectivity index is 1.69. The van der Waals surface area contributed by atoms with Gasteiger partial charge in [0.05, 0.1) is 0 Å². The lowest BCUT2D eigenvalue weighted by molar-refractivity contribution is -0.0743. The van der Waals surface area contributed by atoms with E-state index < -0.39 is 6.29 Å². The van der Waals surface area contributed by atoms with Crippen molar-refractivity contribution in [1.82, 2.24) is 4.90 Å². The number of hydrogen-bond donors (Lipinski definition) is 0. The van der Waals surface area contributed by atoms with E-state index in [0.29, 0.717) is 0 Å². The number of piperidine rings is 1. The monoisotopic (exact) mass is 327 g/mol. The SMILES string of the molecule is CC(C)C(OC(=O)N1CCCCC1)Oc1ccc2ccccc2c1. The lowest BCUT2D eigenvalue weighted by Crippen LogP contribution is -2.40. The minimum absolute atomic E-state index is 0.0743. The zero-order valence-corrected chi connectivity index (χ0v) is 14.4. The highest BCUT2D eigenvalue weighted by Gasteiger charge is 2.25. The highest BCUT2D eigenvalue weighted by atomic mass is 16.7. The van der Waals surface area contributed by atoms with E-state index in [1.807, 2.05) is 50.2 Å². The molecule has 1 fully saturated rings. The maximum atomic E-state index is 12.3. The number of ether oxygens (including phenoxy) is 2. The van der Waals surface area contributed by atoms with E-state index in [1.54, 1.807) is 4.90 Å². The Labute approximate surface area is 143 Å². The predicted octanol–water partition coefficient (Wildman–Crippen LogP) is 4.82. The summed E-state index contributed by atoms with van der Waals surface area (Å²) in [5.74, 6) is 0.795. The summed E-state index contributed by atoms with van der Waals surface area (Å²) in [4.78, 5) is 14.1. The molecule has 1 aliphatic heterocycles. The molecule has 0 N–H and O–H groups in total. The standard InChI is InChI=1S/C20H25NO3/c1-15(2)19(24-20(22)21-12-6-3-7-13-21)23-18-11-10-16-8-4-5-9-17(16)14-18/h4-5,8-11,14-15,19H,3,6-7,12-13H2,1-2H3. The van der Waals surface area contributed by atoms with Crippen LogP contribution in [0.25, 0.3) is 10.8 Å². The average molecular weight is 327 g/mol. The van der Waals surface area contributed by atoms with Gasteiger partial charge in [-0.2, -0.15) is 0 Å². The van der Waals surface area contributed by atoms with Crippen LogP contribution >= 0.6 is 0 Å². The molecule has 4 heteroatoms. The van der Waals surface area contributed by atoms with Crippen molar-refractivity contribution in [3.63, 3.8) is 0 Å². The van der Waals surface area contributed by atoms with E-state index in [-0.39, 0.29) is 12.0 Å². The predicted molar refractivity (Wildman–Crippen MR) is 95.1 cm³/mol. The van der Waals surface area contributed by atoms with Crippen molar-refractivity contribution in [2.45, 2.75) is 39.4 Å². The Morgan fingerprint density at radius 3 is 2.42 bits per heavy atom. The third-order valence-electron chi connectivity index (χ3n) is 4.35. The number of rotatable bonds is 4. The summed E-state index contributed by atoms with van der Waals surface area (Å²) in [5.41, 5.74) is 0. The van der Waals surface area contributed by atoms with Crippen molar-refractivity contribution in [2.24, 2.45) is 5.92 Å². The van der Waals surface area contributed by atoms with Gasteiger partial charge in [-0.1, -0.05) is 44.2 Å². The molecule has 1 amide bonds. The van der Waals surface area contributed by atoms with Crippen LogP contribution in [0, 0.1) is 5.92 Å². The van der Waals surface area contributed by atoms with Gasteiger partial charge in [0.25, 0.3) is 0 Å². The van der Waals surface area contributed by atoms with Gasteiger partial charge in [0.2, 0.25) is 6.29 Å². The molecule has 0 saturated carbocycles. The molecule has 24 heavy (non-hydrogen) atoms. The summed E-state index contributed by atoms with van der Waals surface area (Å²) in [6.07, 6.45) is 2.43. The number of hydrogen-bond acceptors (Lipinski definition) is 3. The van der Waals surface area contributed by atoms with Crippen LogP contribution in [0.3, 0.4) is 0 Å². The minimum atomic E-state index is -0.583. The summed E-state index contributed by atoms with van der Waals surface area (Å²) in [7, 11) is 0. The largest absolute Gasteiger partial charge is 0.454 e. The highest BCUT2D eigenvalue weighted by Crippen LogP contribution is 2.24. The molecule has 128 valence electrons. The number of fused-ring (bicyclic) bond motifs is 1. The van der Waals surface area contributed by atoms with Crippen LogP contribution in [-0.4, -0.2) is 30.4 Å². The third-order valence-corrected chi connectivity index (χ3v) is 4.35. The number of nitrogens with zero attached hydrogens (tertiary/aromatic N) is 1. The third kappa shape index (κ3) is 3.99. The van der Waals surface area contributed by atoms with Crippen LogP contribution in [-0.2, 0) is 4.74 Å². The molecule has 0 aliphatic carbocycles. The zero-order valence-electron chi connectivity index (χ0n) is 14.4. The van der Waals surface area contributed by atoms with Crippen LogP contribution in [0.1, 0.15) is 33.1 Å². The molecule has 0 spiro atoms. The summed E-state index contributed by atoms with van der Waals surface area (Å²) >= 11 is 0. The number of amides is 1. The average Bonchev–Trinajstić information content (AvgIpc) is 2.61. The molecule has 2 aromatic rings. The van der Waals surface area contributed by atoms with Gasteiger partial charge in [0.15, 0.2) is 0 Å². The fraction of sp³-hybridized carbons (Fsp3) is 0.450. The number of likely N-dealkylation sites (tertiary alicyclic amines) is 1. The van der Waals surface area contributed by atoms with E-state index >= 15 is 0 Å². The van der Waals surface area contributed by atoms with Crippen molar-refractivity contribution >= 4 is 16.9 Å². The molecule has 1 heterocycles. The molecule has 0 aromatic heterocycles. The maximum Gasteiger partial charge on any atom is 0.412 e. The minimum Gasteiger partial charge on any atom is -0.454 e. The fourth-order valence-electron chi connectivity index (χ4n) is 2.92. The van der Waals surface area contributed by atoms with Crippen molar-refractivity contribution in [3.8, 4) is 5.75 Å². The van der Waals surface area contributed by atoms with Crippen molar-refractivity contribution in [3.05, 3.63) is 42.5 Å². The summed E-state index contributed by atoms with van der Waals surface area (Å²) < 4.78 is 11.6. The molecule has 1 atom stereocenters. The van der Waals surface area contributed by atoms with Gasteiger partial charge in [-0.3, -0.25) is 0 Å². The van der Waals surface area contributed by atoms with Gasteiger partial charge in [-0.05, 0) is 42.2 Å². The molecule has 3 rings (SSSR count). The Bertz CT molecular complexity index is 692. The maximum absolute atomic E-state index is 12.3. The molecule has 4 nitrogen and oxygen atoms in total. The molecule has 1 unspecified atom stereocenters. The molecule has 2 aromatic carbocycles. The van der Waals surface area contributed by atoms with Crippen LogP contribution < -0.4 is 4.74 Å². The quantitative estimate of drug-likeness (QED) is 0.756. The fourth-order valence-corrected chi connectivity index (χ4v) is 2.92. The Morgan fingerprint density at radius 1 is 1.00 bits per heavy atom. The zero-order chi connectivity index (χ0) is 16.9. The van der Waals surface area contributed by atoms with Gasteiger partial charge in [0, 0.05) is 19.0 Å². The molecule has 0 bridgehead atoms. The van der Waals surface area contributed by atoms with Gasteiger partial charge < -0.3 is 14.4 Å². The summed E-state index contributed by atoms with van der Waals surface area (Å²) in [6.45, 7) is 5.55. The van der Waals surface area contributed by atoms with Gasteiger partial charge in [-0.15, -0.1) is 0 Å². The van der Waals surface area contributed by atoms with Crippen LogP contribution in [0.5, 0.6) is 5.75 Å². The van der Waals surface area contributed by atoms with Crippen molar-refractivity contribution in [2.75, 3.05) is 13.1 Å². The Kier molecular flexibility index (Phi) is 5.24. The van der Waals surface area contributed by atoms with Crippen LogP contribution in [0.2, 0.25) is 0 Å². The number of benzene rings is 2. The van der Waals surface area contributed by atoms with E-state index in [9.17, 15) is 4.79 Å². The summed E-state index contributed by atoms with van der Waals surface area (Å²) in [6, 6.07) is 14.1. The first kappa shape index (κ1) is 16.6. The van der Waals surface area contributed by atoms with Gasteiger partial charge >= 0.3 is 6.09 Å². The Hall–Kier alpha value is -2.23. The first-order valence-corrected chi connectivity index (χ1v) is 8.74. The first-order valence-electron chi connectivity index (χ1n) is 8.74. The highest BCUT2D eigenvalue weighted by molar-refractivity contribution is 5.83. The number of carbonyl (C=O) groups is 1. The second-order valence-corrected chi connectivity index (χ2v) is 6.67. The van der Waals surface area contributed by atoms with E-state index in [2.05, 4.69) is 6.07 Å². The second-order valence-electron chi connectivity index (χ2n) is 6.67. The van der Waals surface area contributed by atoms with Crippen molar-refractivity contribution in [1.29, 1.82) is 0 Å². The normalized spacial score (nSPS) is 16.2. The number of carbonyl (C=O) groups excluding carboxylic acids is 1. The van der Waals surface area contributed by atoms with E-state index in [1.165, 1.54) is 6.42 Å². The van der Waals surface area contributed by atoms with Gasteiger partial charge in [0.1, 0.15) is 5.75 Å². The summed E-state index contributed by atoms with van der Waals surface area (Å²) in [5, 5.41) is 2.27. The first-order chi connectivity index (χ1) is 11.6. The van der Waals surface area contributed by atoms with E-state index in [0.717, 1.165) is 42.5 Å². The Morgan fingerprint density at radius 2 is 1.71 bits per heavy atom. The van der Waals surface area contributed by atoms with Crippen molar-refractivity contribution < 1.29 is 14.3 Å². The smallest absolute Gasteiger partial charge is 0.412 e. The molecule has 1 saturated heterocycles. The lowest BCUT2D eigenvalue weighted by Gasteiger charge is -2.29. The molecule has 1 aliphatic rings.